The Bertz CT molecular complexity index is 2140. The van der Waals surface area contributed by atoms with E-state index in [9.17, 15) is 19.2 Å². The number of aryl methyl sites for hydroxylation is 1. The lowest BCUT2D eigenvalue weighted by molar-refractivity contribution is -0.134. The van der Waals surface area contributed by atoms with Crippen LogP contribution in [0.3, 0.4) is 0 Å². The quantitative estimate of drug-likeness (QED) is 0.258. The van der Waals surface area contributed by atoms with Gasteiger partial charge in [0.15, 0.2) is 0 Å². The number of anilines is 2. The predicted octanol–water partition coefficient (Wildman–Crippen LogP) is 5.03. The van der Waals surface area contributed by atoms with Crippen molar-refractivity contribution in [2.75, 3.05) is 56.5 Å². The fraction of sp³-hybridized carbons (Fsp3) is 0.463. The topological polar surface area (TPSA) is 133 Å². The van der Waals surface area contributed by atoms with E-state index in [1.165, 1.54) is 10.2 Å². The van der Waals surface area contributed by atoms with E-state index in [0.29, 0.717) is 28.9 Å². The third kappa shape index (κ3) is 7.27. The number of amides is 3. The Hall–Kier alpha value is -4.62. The molecule has 282 valence electrons. The van der Waals surface area contributed by atoms with Crippen molar-refractivity contribution in [3.63, 3.8) is 0 Å². The number of rotatable bonds is 6. The van der Waals surface area contributed by atoms with E-state index in [1.54, 1.807) is 19.4 Å². The van der Waals surface area contributed by atoms with Gasteiger partial charge in [-0.05, 0) is 114 Å². The Morgan fingerprint density at radius 1 is 0.926 bits per heavy atom. The molecule has 54 heavy (non-hydrogen) atoms. The highest BCUT2D eigenvalue weighted by atomic mass is 79.9. The zero-order valence-corrected chi connectivity index (χ0v) is 32.5. The number of likely N-dealkylation sites (N-methyl/N-ethyl adjacent to an activating group) is 1. The number of halogens is 1. The van der Waals surface area contributed by atoms with Gasteiger partial charge in [0.05, 0.1) is 17.8 Å². The number of carbonyl (C=O) groups is 3. The van der Waals surface area contributed by atoms with Crippen LogP contribution in [0.15, 0.2) is 70.3 Å². The molecule has 0 radical (unpaired) electrons. The molecule has 3 amide bonds. The summed E-state index contributed by atoms with van der Waals surface area (Å²) in [6.45, 7) is 5.27. The Morgan fingerprint density at radius 3 is 2.41 bits per heavy atom. The van der Waals surface area contributed by atoms with Crippen molar-refractivity contribution in [1.29, 1.82) is 0 Å². The minimum Gasteiger partial charge on any atom is -0.379 e. The summed E-state index contributed by atoms with van der Waals surface area (Å²) < 4.78 is 1.81. The Labute approximate surface area is 323 Å². The normalized spacial score (nSPS) is 23.4. The van der Waals surface area contributed by atoms with E-state index < -0.39 is 0 Å². The number of nitrogens with zero attached hydrogens (tertiary/aromatic N) is 6. The van der Waals surface area contributed by atoms with Crippen molar-refractivity contribution >= 4 is 55.8 Å². The zero-order valence-electron chi connectivity index (χ0n) is 30.9. The van der Waals surface area contributed by atoms with Crippen LogP contribution < -0.4 is 21.1 Å². The van der Waals surface area contributed by atoms with Gasteiger partial charge >= 0.3 is 0 Å². The van der Waals surface area contributed by atoms with Crippen LogP contribution in [0.25, 0.3) is 10.8 Å². The summed E-state index contributed by atoms with van der Waals surface area (Å²) in [7, 11) is 3.76. The van der Waals surface area contributed by atoms with E-state index in [4.69, 9.17) is 0 Å². The Kier molecular flexibility index (Phi) is 10.0. The molecule has 0 saturated carbocycles. The SMILES string of the molecule is CN1CC(Nc2cnn(C)c(=O)c2Br)CC(c2ccc(C(=O)N3CCC4(CC3)CCN(c3ccc5c(C6CCC(=O)NC6=O)cncc5c3)CC4)cc2)C1. The lowest BCUT2D eigenvalue weighted by Crippen LogP contribution is -2.48. The molecule has 1 spiro atoms. The second-order valence-corrected chi connectivity index (χ2v) is 16.6. The summed E-state index contributed by atoms with van der Waals surface area (Å²) in [6.07, 6.45) is 11.3. The molecule has 6 heterocycles. The number of pyridine rings is 1. The number of carbonyl (C=O) groups excluding carboxylic acids is 3. The van der Waals surface area contributed by atoms with Crippen LogP contribution in [0.5, 0.6) is 0 Å². The number of benzene rings is 2. The summed E-state index contributed by atoms with van der Waals surface area (Å²) in [6, 6.07) is 14.8. The van der Waals surface area contributed by atoms with Crippen LogP contribution in [0.2, 0.25) is 0 Å². The number of hydrogen-bond donors (Lipinski definition) is 2. The molecule has 8 rings (SSSR count). The highest BCUT2D eigenvalue weighted by Crippen LogP contribution is 2.43. The number of likely N-dealkylation sites (tertiary alicyclic amines) is 2. The minimum absolute atomic E-state index is 0.110. The highest BCUT2D eigenvalue weighted by molar-refractivity contribution is 9.10. The minimum atomic E-state index is -0.362. The maximum Gasteiger partial charge on any atom is 0.282 e. The first-order chi connectivity index (χ1) is 26.1. The molecule has 3 atom stereocenters. The average Bonchev–Trinajstić information content (AvgIpc) is 3.18. The van der Waals surface area contributed by atoms with Crippen molar-refractivity contribution < 1.29 is 14.4 Å². The van der Waals surface area contributed by atoms with Gasteiger partial charge in [-0.1, -0.05) is 18.2 Å². The molecule has 4 saturated heterocycles. The lowest BCUT2D eigenvalue weighted by Gasteiger charge is -2.47. The van der Waals surface area contributed by atoms with Gasteiger partial charge in [0.2, 0.25) is 11.8 Å². The van der Waals surface area contributed by atoms with E-state index in [-0.39, 0.29) is 40.7 Å². The molecular weight excluding hydrogens is 748 g/mol. The van der Waals surface area contributed by atoms with Crippen molar-refractivity contribution in [1.82, 2.24) is 29.9 Å². The van der Waals surface area contributed by atoms with Crippen LogP contribution >= 0.6 is 15.9 Å². The standard InChI is InChI=1S/C41H47BrN8O4/c1-47-24-29(19-30(25-47)45-35-23-44-48(2)40(54)37(35)42)26-3-5-27(6-4-26)39(53)50-17-13-41(14-18-50)11-15-49(16-12-41)31-7-8-32-28(20-31)21-43-22-34(32)33-9-10-36(51)46-38(33)52/h3-8,20-23,29-30,33,45H,9-19,24-25H2,1-2H3,(H,46,51,52). The summed E-state index contributed by atoms with van der Waals surface area (Å²) in [5, 5.41) is 12.2. The van der Waals surface area contributed by atoms with Crippen molar-refractivity contribution in [2.24, 2.45) is 12.5 Å². The first kappa shape index (κ1) is 36.4. The maximum absolute atomic E-state index is 13.7. The van der Waals surface area contributed by atoms with Crippen molar-refractivity contribution in [3.8, 4) is 0 Å². The van der Waals surface area contributed by atoms with Crippen LogP contribution in [0, 0.1) is 5.41 Å². The Balaban J connectivity index is 0.850. The first-order valence-electron chi connectivity index (χ1n) is 19.1. The second-order valence-electron chi connectivity index (χ2n) is 15.8. The van der Waals surface area contributed by atoms with Crippen LogP contribution in [0.4, 0.5) is 11.4 Å². The average molecular weight is 796 g/mol. The highest BCUT2D eigenvalue weighted by Gasteiger charge is 2.39. The van der Waals surface area contributed by atoms with E-state index in [1.807, 2.05) is 23.2 Å². The summed E-state index contributed by atoms with van der Waals surface area (Å²) in [5.41, 5.74) is 4.79. The lowest BCUT2D eigenvalue weighted by atomic mass is 9.71. The molecule has 0 bridgehead atoms. The smallest absolute Gasteiger partial charge is 0.282 e. The van der Waals surface area contributed by atoms with Gasteiger partial charge in [0, 0.05) is 87.8 Å². The van der Waals surface area contributed by atoms with Gasteiger partial charge in [0.25, 0.3) is 11.5 Å². The molecule has 0 aliphatic carbocycles. The number of nitrogens with one attached hydrogen (secondary N) is 2. The van der Waals surface area contributed by atoms with E-state index in [0.717, 1.165) is 99.0 Å². The number of fused-ring (bicyclic) bond motifs is 1. The summed E-state index contributed by atoms with van der Waals surface area (Å²) >= 11 is 3.44. The predicted molar refractivity (Wildman–Crippen MR) is 212 cm³/mol. The van der Waals surface area contributed by atoms with Gasteiger partial charge in [-0.2, -0.15) is 5.10 Å². The van der Waals surface area contributed by atoms with Gasteiger partial charge < -0.3 is 20.0 Å². The second kappa shape index (κ2) is 14.9. The largest absolute Gasteiger partial charge is 0.379 e. The third-order valence-corrected chi connectivity index (χ3v) is 13.2. The molecule has 4 fully saturated rings. The molecule has 3 unspecified atom stereocenters. The third-order valence-electron chi connectivity index (χ3n) is 12.4. The van der Waals surface area contributed by atoms with Crippen LogP contribution in [-0.4, -0.2) is 94.6 Å². The molecular formula is C41H47BrN8O4. The molecule has 12 nitrogen and oxygen atoms in total. The van der Waals surface area contributed by atoms with Crippen LogP contribution in [-0.2, 0) is 16.6 Å². The molecule has 4 aliphatic heterocycles. The summed E-state index contributed by atoms with van der Waals surface area (Å²) in [5.74, 6) is -0.407. The molecule has 2 aromatic carbocycles. The van der Waals surface area contributed by atoms with Gasteiger partial charge in [0.1, 0.15) is 4.47 Å². The van der Waals surface area contributed by atoms with E-state index >= 15 is 0 Å². The fourth-order valence-electron chi connectivity index (χ4n) is 9.15. The Morgan fingerprint density at radius 2 is 1.67 bits per heavy atom. The molecule has 2 N–H and O–H groups in total. The van der Waals surface area contributed by atoms with Crippen molar-refractivity contribution in [3.05, 3.63) is 92.6 Å². The number of hydrogen-bond acceptors (Lipinski definition) is 9. The van der Waals surface area contributed by atoms with E-state index in [2.05, 4.69) is 83.8 Å². The first-order valence-corrected chi connectivity index (χ1v) is 19.9. The number of aromatic nitrogens is 3. The summed E-state index contributed by atoms with van der Waals surface area (Å²) in [4.78, 5) is 61.6. The monoisotopic (exact) mass is 794 g/mol. The molecule has 4 aliphatic rings. The molecule has 13 heteroatoms. The van der Waals surface area contributed by atoms with Gasteiger partial charge in [-0.3, -0.25) is 29.5 Å². The number of piperidine rings is 4. The molecule has 4 aromatic rings. The van der Waals surface area contributed by atoms with Crippen molar-refractivity contribution in [2.45, 2.75) is 62.8 Å². The zero-order chi connectivity index (χ0) is 37.6. The van der Waals surface area contributed by atoms with Gasteiger partial charge in [-0.15, -0.1) is 0 Å². The maximum atomic E-state index is 13.7. The van der Waals surface area contributed by atoms with Gasteiger partial charge in [-0.25, -0.2) is 4.68 Å². The van der Waals surface area contributed by atoms with Crippen LogP contribution in [0.1, 0.15) is 78.3 Å². The molecule has 2 aromatic heterocycles. The number of imide groups is 1. The fourth-order valence-corrected chi connectivity index (χ4v) is 9.63.